The molecule has 4 nitrogen and oxygen atoms in total. The summed E-state index contributed by atoms with van der Waals surface area (Å²) in [7, 11) is 0. The van der Waals surface area contributed by atoms with Gasteiger partial charge >= 0.3 is 0 Å². The van der Waals surface area contributed by atoms with Crippen molar-refractivity contribution in [2.75, 3.05) is 6.79 Å². The molecule has 0 amide bonds. The number of aryl methyl sites for hydroxylation is 1. The van der Waals surface area contributed by atoms with Gasteiger partial charge in [-0.3, -0.25) is 4.79 Å². The van der Waals surface area contributed by atoms with Gasteiger partial charge in [-0.2, -0.15) is 0 Å². The van der Waals surface area contributed by atoms with Crippen molar-refractivity contribution in [3.8, 4) is 11.5 Å². The number of nitrogens with one attached hydrogen (secondary N) is 1. The molecule has 0 atom stereocenters. The van der Waals surface area contributed by atoms with Crippen LogP contribution in [0.15, 0.2) is 54.7 Å². The minimum atomic E-state index is -0.00848. The Labute approximate surface area is 135 Å². The highest BCUT2D eigenvalue weighted by molar-refractivity contribution is 6.04. The number of ketones is 1. The zero-order chi connectivity index (χ0) is 16.1. The molecule has 118 valence electrons. The van der Waals surface area contributed by atoms with Gasteiger partial charge in [0.15, 0.2) is 17.3 Å². The van der Waals surface area contributed by atoms with E-state index in [4.69, 9.17) is 9.47 Å². The normalized spacial score (nSPS) is 12.6. The van der Waals surface area contributed by atoms with Gasteiger partial charge in [0.1, 0.15) is 0 Å². The van der Waals surface area contributed by atoms with E-state index < -0.39 is 0 Å². The van der Waals surface area contributed by atoms with Crippen LogP contribution in [0.25, 0.3) is 0 Å². The lowest BCUT2D eigenvalue weighted by atomic mass is 10.1. The summed E-state index contributed by atoms with van der Waals surface area (Å²) in [5, 5.41) is 3.12. The van der Waals surface area contributed by atoms with Crippen LogP contribution < -0.4 is 14.8 Å². The molecule has 0 fully saturated rings. The fraction of sp³-hybridized carbons (Fsp3) is 0.211. The molecule has 0 unspecified atom stereocenters. The molecule has 0 spiro atoms. The van der Waals surface area contributed by atoms with Crippen LogP contribution in [0.1, 0.15) is 28.4 Å². The molecular formula is C19H19NO3. The van der Waals surface area contributed by atoms with Gasteiger partial charge in [0.05, 0.1) is 0 Å². The number of hydrogen-bond acceptors (Lipinski definition) is 4. The summed E-state index contributed by atoms with van der Waals surface area (Å²) in [4.78, 5) is 12.0. The Hall–Kier alpha value is -2.75. The summed E-state index contributed by atoms with van der Waals surface area (Å²) >= 11 is 0. The lowest BCUT2D eigenvalue weighted by Crippen LogP contribution is -2.06. The average molecular weight is 309 g/mol. The third-order valence-corrected chi connectivity index (χ3v) is 3.74. The number of benzene rings is 2. The van der Waals surface area contributed by atoms with E-state index in [0.717, 1.165) is 23.5 Å². The molecule has 4 heteroatoms. The molecule has 0 bridgehead atoms. The maximum Gasteiger partial charge on any atom is 0.231 e. The van der Waals surface area contributed by atoms with Crippen LogP contribution in [0.3, 0.4) is 0 Å². The van der Waals surface area contributed by atoms with Crippen molar-refractivity contribution in [2.24, 2.45) is 0 Å². The molecule has 1 aliphatic rings. The van der Waals surface area contributed by atoms with Gasteiger partial charge in [-0.25, -0.2) is 0 Å². The van der Waals surface area contributed by atoms with Crippen molar-refractivity contribution < 1.29 is 14.3 Å². The van der Waals surface area contributed by atoms with Gasteiger partial charge in [0.2, 0.25) is 6.79 Å². The Kier molecular flexibility index (Phi) is 4.62. The maximum absolute atomic E-state index is 12.0. The van der Waals surface area contributed by atoms with Crippen molar-refractivity contribution in [1.82, 2.24) is 5.32 Å². The first kappa shape index (κ1) is 15.2. The highest BCUT2D eigenvalue weighted by Gasteiger charge is 2.12. The van der Waals surface area contributed by atoms with Crippen LogP contribution in [0.4, 0.5) is 0 Å². The molecule has 2 aromatic rings. The van der Waals surface area contributed by atoms with Crippen molar-refractivity contribution in [3.05, 3.63) is 71.4 Å². The summed E-state index contributed by atoms with van der Waals surface area (Å²) in [6.07, 6.45) is 4.20. The standard InChI is InChI=1S/C19H19NO3/c1-2-14-3-6-16(7-4-14)17(21)9-10-20-12-15-5-8-18-19(11-15)23-13-22-18/h3-11,20H,2,12-13H2,1H3/b10-9+. The fourth-order valence-corrected chi connectivity index (χ4v) is 2.36. The molecule has 1 aliphatic heterocycles. The van der Waals surface area contributed by atoms with Crippen molar-refractivity contribution in [1.29, 1.82) is 0 Å². The van der Waals surface area contributed by atoms with Crippen LogP contribution >= 0.6 is 0 Å². The third-order valence-electron chi connectivity index (χ3n) is 3.74. The number of carbonyl (C=O) groups is 1. The monoisotopic (exact) mass is 309 g/mol. The zero-order valence-electron chi connectivity index (χ0n) is 13.0. The zero-order valence-corrected chi connectivity index (χ0v) is 13.0. The van der Waals surface area contributed by atoms with E-state index in [0.29, 0.717) is 12.1 Å². The van der Waals surface area contributed by atoms with E-state index in [2.05, 4.69) is 12.2 Å². The molecule has 2 aromatic carbocycles. The molecular weight excluding hydrogens is 290 g/mol. The van der Waals surface area contributed by atoms with Gasteiger partial charge < -0.3 is 14.8 Å². The average Bonchev–Trinajstić information content (AvgIpc) is 3.06. The molecule has 0 aromatic heterocycles. The smallest absolute Gasteiger partial charge is 0.231 e. The minimum Gasteiger partial charge on any atom is -0.454 e. The van der Waals surface area contributed by atoms with Crippen LogP contribution in [0.2, 0.25) is 0 Å². The van der Waals surface area contributed by atoms with Gasteiger partial charge in [-0.15, -0.1) is 0 Å². The molecule has 3 rings (SSSR count). The largest absolute Gasteiger partial charge is 0.454 e. The highest BCUT2D eigenvalue weighted by atomic mass is 16.7. The van der Waals surface area contributed by atoms with Crippen LogP contribution in [-0.2, 0) is 13.0 Å². The first-order chi connectivity index (χ1) is 11.3. The summed E-state index contributed by atoms with van der Waals surface area (Å²) in [6, 6.07) is 13.5. The van der Waals surface area contributed by atoms with Gasteiger partial charge in [0, 0.05) is 24.4 Å². The second-order valence-corrected chi connectivity index (χ2v) is 5.32. The Bertz CT molecular complexity index is 720. The van der Waals surface area contributed by atoms with E-state index in [9.17, 15) is 4.79 Å². The lowest BCUT2D eigenvalue weighted by Gasteiger charge is -2.03. The first-order valence-electron chi connectivity index (χ1n) is 7.68. The number of hydrogen-bond donors (Lipinski definition) is 1. The topological polar surface area (TPSA) is 47.6 Å². The Balaban J connectivity index is 1.53. The fourth-order valence-electron chi connectivity index (χ4n) is 2.36. The number of rotatable bonds is 6. The van der Waals surface area contributed by atoms with Crippen LogP contribution in [0, 0.1) is 0 Å². The van der Waals surface area contributed by atoms with E-state index >= 15 is 0 Å². The third kappa shape index (κ3) is 3.72. The predicted octanol–water partition coefficient (Wildman–Crippen LogP) is 3.46. The second kappa shape index (κ2) is 7.01. The second-order valence-electron chi connectivity index (χ2n) is 5.32. The van der Waals surface area contributed by atoms with E-state index in [-0.39, 0.29) is 12.6 Å². The predicted molar refractivity (Wildman–Crippen MR) is 88.7 cm³/mol. The molecule has 0 radical (unpaired) electrons. The number of allylic oxidation sites excluding steroid dienone is 1. The number of carbonyl (C=O) groups excluding carboxylic acids is 1. The molecule has 0 saturated carbocycles. The summed E-state index contributed by atoms with van der Waals surface area (Å²) < 4.78 is 10.6. The summed E-state index contributed by atoms with van der Waals surface area (Å²) in [5.41, 5.74) is 2.99. The summed E-state index contributed by atoms with van der Waals surface area (Å²) in [5.74, 6) is 1.53. The lowest BCUT2D eigenvalue weighted by molar-refractivity contribution is 0.104. The first-order valence-corrected chi connectivity index (χ1v) is 7.68. The molecule has 23 heavy (non-hydrogen) atoms. The SMILES string of the molecule is CCc1ccc(C(=O)/C=C/NCc2ccc3c(c2)OCO3)cc1. The maximum atomic E-state index is 12.0. The Morgan fingerprint density at radius 2 is 1.83 bits per heavy atom. The quantitative estimate of drug-likeness (QED) is 0.656. The van der Waals surface area contributed by atoms with Crippen molar-refractivity contribution >= 4 is 5.78 Å². The number of ether oxygens (including phenoxy) is 2. The highest BCUT2D eigenvalue weighted by Crippen LogP contribution is 2.32. The van der Waals surface area contributed by atoms with E-state index in [1.807, 2.05) is 42.5 Å². The van der Waals surface area contributed by atoms with Crippen molar-refractivity contribution in [2.45, 2.75) is 19.9 Å². The van der Waals surface area contributed by atoms with Crippen LogP contribution in [-0.4, -0.2) is 12.6 Å². The molecule has 1 heterocycles. The summed E-state index contributed by atoms with van der Waals surface area (Å²) in [6.45, 7) is 2.99. The molecule has 1 N–H and O–H groups in total. The Morgan fingerprint density at radius 1 is 1.09 bits per heavy atom. The minimum absolute atomic E-state index is 0.00848. The van der Waals surface area contributed by atoms with E-state index in [1.54, 1.807) is 12.3 Å². The molecule has 0 aliphatic carbocycles. The van der Waals surface area contributed by atoms with Gasteiger partial charge in [-0.05, 0) is 29.7 Å². The van der Waals surface area contributed by atoms with Crippen LogP contribution in [0.5, 0.6) is 11.5 Å². The Morgan fingerprint density at radius 3 is 2.61 bits per heavy atom. The number of fused-ring (bicyclic) bond motifs is 1. The van der Waals surface area contributed by atoms with E-state index in [1.165, 1.54) is 5.56 Å². The van der Waals surface area contributed by atoms with Gasteiger partial charge in [0.25, 0.3) is 0 Å². The molecule has 0 saturated heterocycles. The van der Waals surface area contributed by atoms with Gasteiger partial charge in [-0.1, -0.05) is 37.3 Å². The van der Waals surface area contributed by atoms with Crippen molar-refractivity contribution in [3.63, 3.8) is 0 Å².